The number of halogens is 1. The monoisotopic (exact) mass is 546 g/mol. The van der Waals surface area contributed by atoms with Gasteiger partial charge in [-0.3, -0.25) is 19.1 Å². The molecule has 0 radical (unpaired) electrons. The SMILES string of the molecule is CCCCn1c(NCc2ccccc2)c(/C=C2/SC(=S)N(Cc3ccc(F)cc3)C2=O)c(C)c(C#N)c1=O. The standard InChI is InChI=1S/C29H27FN4O2S2/c1-3-4-14-33-26(32-17-20-8-6-5-7-9-20)23(19(2)24(16-31)27(33)35)15-25-28(36)34(29(37)38-25)18-21-10-12-22(30)13-11-21/h5-13,15,32H,3-4,14,17-18H2,1-2H3/b25-15+. The highest BCUT2D eigenvalue weighted by molar-refractivity contribution is 8.26. The molecular weight excluding hydrogens is 519 g/mol. The summed E-state index contributed by atoms with van der Waals surface area (Å²) in [7, 11) is 0. The maximum absolute atomic E-state index is 13.4. The van der Waals surface area contributed by atoms with Gasteiger partial charge < -0.3 is 5.32 Å². The van der Waals surface area contributed by atoms with Gasteiger partial charge in [0.05, 0.1) is 11.4 Å². The lowest BCUT2D eigenvalue weighted by molar-refractivity contribution is -0.122. The number of anilines is 1. The molecule has 0 bridgehead atoms. The second-order valence-electron chi connectivity index (χ2n) is 8.92. The summed E-state index contributed by atoms with van der Waals surface area (Å²) in [5.74, 6) is -0.0632. The first-order valence-corrected chi connectivity index (χ1v) is 13.5. The van der Waals surface area contributed by atoms with Crippen molar-refractivity contribution >= 4 is 46.1 Å². The minimum atomic E-state index is -0.352. The molecule has 1 aliphatic rings. The minimum Gasteiger partial charge on any atom is -0.367 e. The van der Waals surface area contributed by atoms with Crippen LogP contribution in [0.1, 0.15) is 47.6 Å². The van der Waals surface area contributed by atoms with Crippen LogP contribution in [0.2, 0.25) is 0 Å². The first-order chi connectivity index (χ1) is 18.3. The van der Waals surface area contributed by atoms with Gasteiger partial charge in [-0.2, -0.15) is 5.26 Å². The van der Waals surface area contributed by atoms with Crippen molar-refractivity contribution in [2.24, 2.45) is 0 Å². The number of amides is 1. The fourth-order valence-electron chi connectivity index (χ4n) is 4.20. The van der Waals surface area contributed by atoms with Crippen LogP contribution in [0.3, 0.4) is 0 Å². The van der Waals surface area contributed by atoms with Crippen LogP contribution in [0.5, 0.6) is 0 Å². The minimum absolute atomic E-state index is 0.0550. The van der Waals surface area contributed by atoms with Crippen molar-refractivity contribution in [3.05, 3.63) is 103 Å². The zero-order valence-corrected chi connectivity index (χ0v) is 22.8. The van der Waals surface area contributed by atoms with E-state index < -0.39 is 0 Å². The molecule has 194 valence electrons. The number of benzene rings is 2. The van der Waals surface area contributed by atoms with Gasteiger partial charge >= 0.3 is 0 Å². The number of nitriles is 1. The van der Waals surface area contributed by atoms with E-state index in [0.29, 0.717) is 39.3 Å². The molecule has 0 spiro atoms. The molecular formula is C29H27FN4O2S2. The van der Waals surface area contributed by atoms with E-state index >= 15 is 0 Å². The molecule has 0 saturated carbocycles. The van der Waals surface area contributed by atoms with Crippen LogP contribution in [0.25, 0.3) is 6.08 Å². The van der Waals surface area contributed by atoms with Gasteiger partial charge in [0, 0.05) is 18.7 Å². The molecule has 38 heavy (non-hydrogen) atoms. The zero-order valence-electron chi connectivity index (χ0n) is 21.2. The number of carbonyl (C=O) groups excluding carboxylic acids is 1. The Bertz CT molecular complexity index is 1490. The van der Waals surface area contributed by atoms with Crippen molar-refractivity contribution in [1.82, 2.24) is 9.47 Å². The maximum atomic E-state index is 13.4. The normalized spacial score (nSPS) is 14.3. The topological polar surface area (TPSA) is 78.1 Å². The van der Waals surface area contributed by atoms with Crippen molar-refractivity contribution in [2.75, 3.05) is 5.32 Å². The summed E-state index contributed by atoms with van der Waals surface area (Å²) in [6.07, 6.45) is 3.35. The Morgan fingerprint density at radius 3 is 2.47 bits per heavy atom. The predicted molar refractivity (Wildman–Crippen MR) is 154 cm³/mol. The largest absolute Gasteiger partial charge is 0.367 e. The van der Waals surface area contributed by atoms with E-state index in [0.717, 1.165) is 24.0 Å². The summed E-state index contributed by atoms with van der Waals surface area (Å²) >= 11 is 6.67. The van der Waals surface area contributed by atoms with Gasteiger partial charge in [0.1, 0.15) is 27.6 Å². The first-order valence-electron chi connectivity index (χ1n) is 12.3. The Kier molecular flexibility index (Phi) is 8.77. The van der Waals surface area contributed by atoms with E-state index in [4.69, 9.17) is 12.2 Å². The number of unbranched alkanes of at least 4 members (excludes halogenated alkanes) is 1. The van der Waals surface area contributed by atoms with Crippen molar-refractivity contribution in [2.45, 2.75) is 46.3 Å². The summed E-state index contributed by atoms with van der Waals surface area (Å²) in [5.41, 5.74) is 2.60. The van der Waals surface area contributed by atoms with Crippen molar-refractivity contribution in [3.8, 4) is 6.07 Å². The Morgan fingerprint density at radius 1 is 1.11 bits per heavy atom. The summed E-state index contributed by atoms with van der Waals surface area (Å²) in [6, 6.07) is 17.8. The molecule has 2 aromatic carbocycles. The quantitative estimate of drug-likeness (QED) is 0.263. The molecule has 1 aromatic heterocycles. The molecule has 4 rings (SSSR count). The molecule has 1 amide bonds. The third-order valence-corrected chi connectivity index (χ3v) is 7.69. The van der Waals surface area contributed by atoms with Crippen LogP contribution >= 0.6 is 24.0 Å². The molecule has 6 nitrogen and oxygen atoms in total. The summed E-state index contributed by atoms with van der Waals surface area (Å²) in [4.78, 5) is 28.6. The van der Waals surface area contributed by atoms with E-state index in [1.165, 1.54) is 28.8 Å². The molecule has 1 fully saturated rings. The second kappa shape index (κ2) is 12.2. The highest BCUT2D eigenvalue weighted by Gasteiger charge is 2.33. The van der Waals surface area contributed by atoms with Gasteiger partial charge in [-0.05, 0) is 48.2 Å². The number of hydrogen-bond donors (Lipinski definition) is 1. The van der Waals surface area contributed by atoms with E-state index in [1.54, 1.807) is 29.7 Å². The van der Waals surface area contributed by atoms with Crippen LogP contribution < -0.4 is 10.9 Å². The summed E-state index contributed by atoms with van der Waals surface area (Å²) in [6.45, 7) is 4.88. The predicted octanol–water partition coefficient (Wildman–Crippen LogP) is 5.98. The van der Waals surface area contributed by atoms with Crippen LogP contribution in [0, 0.1) is 24.1 Å². The number of carbonyl (C=O) groups is 1. The van der Waals surface area contributed by atoms with Gasteiger partial charge in [0.25, 0.3) is 11.5 Å². The molecule has 1 saturated heterocycles. The van der Waals surface area contributed by atoms with Crippen LogP contribution in [0.15, 0.2) is 64.3 Å². The summed E-state index contributed by atoms with van der Waals surface area (Å²) in [5, 5.41) is 13.2. The fourth-order valence-corrected chi connectivity index (χ4v) is 5.44. The van der Waals surface area contributed by atoms with Crippen molar-refractivity contribution < 1.29 is 9.18 Å². The van der Waals surface area contributed by atoms with E-state index in [2.05, 4.69) is 11.4 Å². The Hall–Kier alpha value is -3.74. The average Bonchev–Trinajstić information content (AvgIpc) is 3.18. The van der Waals surface area contributed by atoms with Gasteiger partial charge in [-0.25, -0.2) is 4.39 Å². The number of hydrogen-bond acceptors (Lipinski definition) is 6. The number of nitrogens with one attached hydrogen (secondary N) is 1. The van der Waals surface area contributed by atoms with E-state index in [1.807, 2.05) is 37.3 Å². The Balaban J connectivity index is 1.77. The molecule has 0 unspecified atom stereocenters. The first kappa shape index (κ1) is 27.3. The molecule has 2 heterocycles. The summed E-state index contributed by atoms with van der Waals surface area (Å²) < 4.78 is 15.3. The molecule has 1 N–H and O–H groups in total. The number of pyridine rings is 1. The van der Waals surface area contributed by atoms with Gasteiger partial charge in [-0.1, -0.05) is 79.8 Å². The fraction of sp³-hybridized carbons (Fsp3) is 0.241. The zero-order chi connectivity index (χ0) is 27.2. The third kappa shape index (κ3) is 5.87. The van der Waals surface area contributed by atoms with Gasteiger partial charge in [-0.15, -0.1) is 0 Å². The highest BCUT2D eigenvalue weighted by Crippen LogP contribution is 2.36. The average molecular weight is 547 g/mol. The van der Waals surface area contributed by atoms with Crippen molar-refractivity contribution in [1.29, 1.82) is 5.26 Å². The Labute approximate surface area is 230 Å². The van der Waals surface area contributed by atoms with Crippen molar-refractivity contribution in [3.63, 3.8) is 0 Å². The lowest BCUT2D eigenvalue weighted by Gasteiger charge is -2.20. The van der Waals surface area contributed by atoms with Gasteiger partial charge in [0.15, 0.2) is 0 Å². The molecule has 1 aliphatic heterocycles. The van der Waals surface area contributed by atoms with Crippen LogP contribution in [0.4, 0.5) is 10.2 Å². The molecule has 3 aromatic rings. The third-order valence-electron chi connectivity index (χ3n) is 6.32. The van der Waals surface area contributed by atoms with E-state index in [9.17, 15) is 19.2 Å². The van der Waals surface area contributed by atoms with Crippen LogP contribution in [-0.4, -0.2) is 19.7 Å². The van der Waals surface area contributed by atoms with E-state index in [-0.39, 0.29) is 29.4 Å². The number of nitrogens with zero attached hydrogens (tertiary/aromatic N) is 3. The number of aromatic nitrogens is 1. The molecule has 0 aliphatic carbocycles. The highest BCUT2D eigenvalue weighted by atomic mass is 32.2. The number of thiocarbonyl (C=S) groups is 1. The number of thioether (sulfide) groups is 1. The second-order valence-corrected chi connectivity index (χ2v) is 10.6. The molecule has 0 atom stereocenters. The van der Waals surface area contributed by atoms with Gasteiger partial charge in [0.2, 0.25) is 0 Å². The lowest BCUT2D eigenvalue weighted by atomic mass is 10.0. The number of rotatable bonds is 9. The lowest BCUT2D eigenvalue weighted by Crippen LogP contribution is -2.28. The maximum Gasteiger partial charge on any atom is 0.270 e. The molecule has 9 heteroatoms. The Morgan fingerprint density at radius 2 is 1.82 bits per heavy atom. The van der Waals surface area contributed by atoms with Crippen LogP contribution in [-0.2, 0) is 24.4 Å². The smallest absolute Gasteiger partial charge is 0.270 e.